The number of hydrogen-bond donors (Lipinski definition) is 1. The van der Waals surface area contributed by atoms with Gasteiger partial charge >= 0.3 is 0 Å². The maximum Gasteiger partial charge on any atom is 0.276 e. The van der Waals surface area contributed by atoms with Crippen LogP contribution < -0.4 is 15.0 Å². The third-order valence-electron chi connectivity index (χ3n) is 4.29. The lowest BCUT2D eigenvalue weighted by molar-refractivity contribution is 0.0983. The van der Waals surface area contributed by atoms with E-state index in [0.717, 1.165) is 22.7 Å². The van der Waals surface area contributed by atoms with Gasteiger partial charge in [0, 0.05) is 24.3 Å². The Balaban J connectivity index is 1.68. The van der Waals surface area contributed by atoms with Crippen LogP contribution in [0.4, 0.5) is 11.4 Å². The monoisotopic (exact) mass is 361 g/mol. The Morgan fingerprint density at radius 2 is 1.78 bits per heavy atom. The summed E-state index contributed by atoms with van der Waals surface area (Å²) in [5.41, 5.74) is 3.19. The normalized spacial score (nSPS) is 10.3. The summed E-state index contributed by atoms with van der Waals surface area (Å²) in [6, 6.07) is 21.1. The fourth-order valence-corrected chi connectivity index (χ4v) is 2.86. The van der Waals surface area contributed by atoms with E-state index in [2.05, 4.69) is 10.3 Å². The fourth-order valence-electron chi connectivity index (χ4n) is 2.86. The van der Waals surface area contributed by atoms with Gasteiger partial charge in [-0.2, -0.15) is 0 Å². The quantitative estimate of drug-likeness (QED) is 0.679. The first-order valence-electron chi connectivity index (χ1n) is 8.91. The van der Waals surface area contributed by atoms with Crippen LogP contribution in [0.1, 0.15) is 23.0 Å². The van der Waals surface area contributed by atoms with E-state index in [0.29, 0.717) is 18.8 Å². The Hall–Kier alpha value is -3.34. The minimum Gasteiger partial charge on any atom is -0.496 e. The van der Waals surface area contributed by atoms with Gasteiger partial charge in [-0.1, -0.05) is 36.4 Å². The SMILES string of the molecule is CCN(C(=O)c1ccc(NCc2ccccc2OC)cn1)c1ccccc1. The van der Waals surface area contributed by atoms with Crippen molar-refractivity contribution in [2.24, 2.45) is 0 Å². The standard InChI is InChI=1S/C22H23N3O2/c1-3-25(19-10-5-4-6-11-19)22(26)20-14-13-18(16-24-20)23-15-17-9-7-8-12-21(17)27-2/h4-14,16,23H,3,15H2,1-2H3. The number of amides is 1. The second-order valence-corrected chi connectivity index (χ2v) is 5.98. The van der Waals surface area contributed by atoms with Gasteiger partial charge in [-0.05, 0) is 37.3 Å². The average molecular weight is 361 g/mol. The number of anilines is 2. The van der Waals surface area contributed by atoms with E-state index in [1.807, 2.05) is 67.6 Å². The van der Waals surface area contributed by atoms with E-state index >= 15 is 0 Å². The Bertz CT molecular complexity index is 880. The molecule has 0 radical (unpaired) electrons. The van der Waals surface area contributed by atoms with Crippen LogP contribution >= 0.6 is 0 Å². The average Bonchev–Trinajstić information content (AvgIpc) is 2.74. The van der Waals surface area contributed by atoms with Gasteiger partial charge < -0.3 is 15.0 Å². The fraction of sp³-hybridized carbons (Fsp3) is 0.182. The highest BCUT2D eigenvalue weighted by Gasteiger charge is 2.17. The first kappa shape index (κ1) is 18.5. The number of aromatic nitrogens is 1. The number of carbonyl (C=O) groups excluding carboxylic acids is 1. The van der Waals surface area contributed by atoms with E-state index < -0.39 is 0 Å². The Labute approximate surface area is 159 Å². The summed E-state index contributed by atoms with van der Waals surface area (Å²) >= 11 is 0. The maximum atomic E-state index is 12.8. The molecule has 1 heterocycles. The molecule has 1 amide bonds. The van der Waals surface area contributed by atoms with Crippen molar-refractivity contribution in [3.05, 3.63) is 84.2 Å². The summed E-state index contributed by atoms with van der Waals surface area (Å²) in [6.07, 6.45) is 1.68. The highest BCUT2D eigenvalue weighted by Crippen LogP contribution is 2.20. The van der Waals surface area contributed by atoms with Crippen LogP contribution in [0.2, 0.25) is 0 Å². The topological polar surface area (TPSA) is 54.5 Å². The second kappa shape index (κ2) is 8.85. The van der Waals surface area contributed by atoms with E-state index in [1.165, 1.54) is 0 Å². The van der Waals surface area contributed by atoms with Crippen molar-refractivity contribution in [1.29, 1.82) is 0 Å². The lowest BCUT2D eigenvalue weighted by Gasteiger charge is -2.20. The van der Waals surface area contributed by atoms with Gasteiger partial charge in [0.25, 0.3) is 5.91 Å². The van der Waals surface area contributed by atoms with Gasteiger partial charge in [0.2, 0.25) is 0 Å². The molecule has 0 saturated carbocycles. The molecule has 3 aromatic rings. The predicted octanol–water partition coefficient (Wildman–Crippen LogP) is 4.37. The van der Waals surface area contributed by atoms with Gasteiger partial charge in [0.1, 0.15) is 11.4 Å². The lowest BCUT2D eigenvalue weighted by Crippen LogP contribution is -2.31. The maximum absolute atomic E-state index is 12.8. The molecule has 27 heavy (non-hydrogen) atoms. The minimum atomic E-state index is -0.111. The molecule has 5 nitrogen and oxygen atoms in total. The second-order valence-electron chi connectivity index (χ2n) is 5.98. The van der Waals surface area contributed by atoms with Gasteiger partial charge in [0.15, 0.2) is 0 Å². The molecule has 0 fully saturated rings. The molecule has 0 aliphatic heterocycles. The smallest absolute Gasteiger partial charge is 0.276 e. The Morgan fingerprint density at radius 3 is 2.44 bits per heavy atom. The van der Waals surface area contributed by atoms with E-state index in [-0.39, 0.29) is 5.91 Å². The van der Waals surface area contributed by atoms with Crippen LogP contribution in [0.3, 0.4) is 0 Å². The number of rotatable bonds is 7. The van der Waals surface area contributed by atoms with Crippen LogP contribution in [0, 0.1) is 0 Å². The van der Waals surface area contributed by atoms with Crippen molar-refractivity contribution in [2.45, 2.75) is 13.5 Å². The number of methoxy groups -OCH3 is 1. The summed E-state index contributed by atoms with van der Waals surface area (Å²) in [7, 11) is 1.66. The largest absolute Gasteiger partial charge is 0.496 e. The molecule has 1 aromatic heterocycles. The van der Waals surface area contributed by atoms with Crippen molar-refractivity contribution >= 4 is 17.3 Å². The Kier molecular flexibility index (Phi) is 6.05. The summed E-state index contributed by atoms with van der Waals surface area (Å²) in [5, 5.41) is 3.31. The van der Waals surface area contributed by atoms with Crippen LogP contribution in [0.25, 0.3) is 0 Å². The zero-order chi connectivity index (χ0) is 19.1. The first-order valence-corrected chi connectivity index (χ1v) is 8.91. The van der Waals surface area contributed by atoms with Crippen molar-refractivity contribution in [3.8, 4) is 5.75 Å². The highest BCUT2D eigenvalue weighted by atomic mass is 16.5. The van der Waals surface area contributed by atoms with Gasteiger partial charge in [-0.25, -0.2) is 4.98 Å². The minimum absolute atomic E-state index is 0.111. The molecule has 0 unspecified atom stereocenters. The Morgan fingerprint density at radius 1 is 1.04 bits per heavy atom. The van der Waals surface area contributed by atoms with Gasteiger partial charge in [-0.15, -0.1) is 0 Å². The zero-order valence-electron chi connectivity index (χ0n) is 15.6. The molecule has 0 aliphatic rings. The van der Waals surface area contributed by atoms with Crippen molar-refractivity contribution in [1.82, 2.24) is 4.98 Å². The van der Waals surface area contributed by atoms with Gasteiger partial charge in [-0.3, -0.25) is 4.79 Å². The molecule has 2 aromatic carbocycles. The highest BCUT2D eigenvalue weighted by molar-refractivity contribution is 6.04. The third kappa shape index (κ3) is 4.44. The first-order chi connectivity index (χ1) is 13.2. The molecular weight excluding hydrogens is 338 g/mol. The van der Waals surface area contributed by atoms with Crippen LogP contribution in [0.15, 0.2) is 72.9 Å². The predicted molar refractivity (Wildman–Crippen MR) is 108 cm³/mol. The van der Waals surface area contributed by atoms with E-state index in [1.54, 1.807) is 24.3 Å². The molecule has 5 heteroatoms. The van der Waals surface area contributed by atoms with E-state index in [9.17, 15) is 4.79 Å². The van der Waals surface area contributed by atoms with Gasteiger partial charge in [0.05, 0.1) is 19.0 Å². The molecule has 0 spiro atoms. The molecule has 0 atom stereocenters. The van der Waals surface area contributed by atoms with Crippen molar-refractivity contribution in [3.63, 3.8) is 0 Å². The number of ether oxygens (including phenoxy) is 1. The summed E-state index contributed by atoms with van der Waals surface area (Å²) < 4.78 is 5.36. The molecule has 0 saturated heterocycles. The summed E-state index contributed by atoms with van der Waals surface area (Å²) in [5.74, 6) is 0.728. The number of para-hydroxylation sites is 2. The van der Waals surface area contributed by atoms with Crippen molar-refractivity contribution < 1.29 is 9.53 Å². The van der Waals surface area contributed by atoms with Crippen LogP contribution in [0.5, 0.6) is 5.75 Å². The lowest BCUT2D eigenvalue weighted by atomic mass is 10.2. The summed E-state index contributed by atoms with van der Waals surface area (Å²) in [6.45, 7) is 3.15. The molecule has 138 valence electrons. The van der Waals surface area contributed by atoms with Crippen molar-refractivity contribution in [2.75, 3.05) is 23.9 Å². The van der Waals surface area contributed by atoms with Crippen LogP contribution in [-0.4, -0.2) is 24.5 Å². The molecule has 1 N–H and O–H groups in total. The molecule has 0 aliphatic carbocycles. The molecule has 3 rings (SSSR count). The number of pyridine rings is 1. The van der Waals surface area contributed by atoms with E-state index in [4.69, 9.17) is 4.74 Å². The van der Waals surface area contributed by atoms with Crippen LogP contribution in [-0.2, 0) is 6.54 Å². The number of hydrogen-bond acceptors (Lipinski definition) is 4. The third-order valence-corrected chi connectivity index (χ3v) is 4.29. The number of nitrogens with zero attached hydrogens (tertiary/aromatic N) is 2. The summed E-state index contributed by atoms with van der Waals surface area (Å²) in [4.78, 5) is 18.8. The number of carbonyl (C=O) groups is 1. The number of nitrogens with one attached hydrogen (secondary N) is 1. The zero-order valence-corrected chi connectivity index (χ0v) is 15.6. The molecular formula is C22H23N3O2. The molecule has 0 bridgehead atoms. The number of benzene rings is 2.